The minimum Gasteiger partial charge on any atom is -0.478 e. The molecule has 3 aliphatic heterocycles. The van der Waals surface area contributed by atoms with Crippen LogP contribution in [-0.4, -0.2) is 95.9 Å². The Labute approximate surface area is 282 Å². The summed E-state index contributed by atoms with van der Waals surface area (Å²) in [7, 11) is -1.52. The second kappa shape index (κ2) is 13.4. The van der Waals surface area contributed by atoms with Gasteiger partial charge in [0.15, 0.2) is 30.4 Å². The van der Waals surface area contributed by atoms with Gasteiger partial charge in [-0.15, -0.1) is 0 Å². The third kappa shape index (κ3) is 5.69. The number of allylic oxidation sites excluding steroid dienone is 5. The summed E-state index contributed by atoms with van der Waals surface area (Å²) in [6, 6.07) is 8.49. The molecule has 2 saturated heterocycles. The van der Waals surface area contributed by atoms with E-state index in [1.54, 1.807) is 12.1 Å². The Bertz CT molecular complexity index is 1930. The summed E-state index contributed by atoms with van der Waals surface area (Å²) >= 11 is 0. The molecule has 0 unspecified atom stereocenters. The first-order valence-electron chi connectivity index (χ1n) is 15.7. The lowest BCUT2D eigenvalue weighted by atomic mass is 9.83. The maximum atomic E-state index is 17.2. The standard InChI is InChI=1S/C35H33F3N4O6Si/c1-45-20-48-35(18-39,19-40)30-31(36)28(29(34(43)44)32(37)33(30)38)27-23-6-4-21(41-8-12-46-13-9-41)16-25(23)49(2,3)26-17-22(5-7-24(26)27)42-10-14-47-15-11-42/h4-7,16-17H,8-15,20H2,1-3H3/p+1. The molecule has 2 fully saturated rings. The van der Waals surface area contributed by atoms with Crippen LogP contribution in [0.15, 0.2) is 47.2 Å². The predicted octanol–water partition coefficient (Wildman–Crippen LogP) is 3.75. The minimum absolute atomic E-state index is 0.00505. The van der Waals surface area contributed by atoms with Crippen LogP contribution in [0.2, 0.25) is 13.1 Å². The Balaban J connectivity index is 1.72. The number of fused-ring (bicyclic) bond motifs is 2. The number of benzene rings is 2. The Morgan fingerprint density at radius 3 is 2.35 bits per heavy atom. The molecular formula is C35H34F3N4O6Si+. The molecule has 2 aromatic rings. The molecule has 0 bridgehead atoms. The van der Waals surface area contributed by atoms with Crippen LogP contribution in [0.25, 0.3) is 5.57 Å². The number of carboxylic acid groups (broad SMARTS) is 1. The number of carbonyl (C=O) groups is 1. The van der Waals surface area contributed by atoms with E-state index in [-0.39, 0.29) is 5.57 Å². The van der Waals surface area contributed by atoms with E-state index in [1.165, 1.54) is 19.2 Å². The number of ether oxygens (including phenoxy) is 4. The first-order valence-corrected chi connectivity index (χ1v) is 18.7. The molecule has 1 aliphatic carbocycles. The van der Waals surface area contributed by atoms with Crippen molar-refractivity contribution in [3.8, 4) is 12.1 Å². The van der Waals surface area contributed by atoms with E-state index in [4.69, 9.17) is 18.9 Å². The van der Waals surface area contributed by atoms with Crippen LogP contribution < -0.4 is 10.1 Å². The van der Waals surface area contributed by atoms with Crippen molar-refractivity contribution in [1.82, 2.24) is 0 Å². The van der Waals surface area contributed by atoms with Gasteiger partial charge >= 0.3 is 5.97 Å². The lowest BCUT2D eigenvalue weighted by Crippen LogP contribution is -2.50. The van der Waals surface area contributed by atoms with E-state index in [0.29, 0.717) is 63.7 Å². The number of hydrogen-bond acceptors (Lipinski definition) is 8. The van der Waals surface area contributed by atoms with Crippen LogP contribution in [-0.2, 0) is 24.5 Å². The smallest absolute Gasteiger partial charge is 0.339 e. The highest BCUT2D eigenvalue weighted by Crippen LogP contribution is 2.46. The molecule has 14 heteroatoms. The normalized spacial score (nSPS) is 18.8. The van der Waals surface area contributed by atoms with Crippen LogP contribution in [0.3, 0.4) is 0 Å². The number of rotatable bonds is 7. The summed E-state index contributed by atoms with van der Waals surface area (Å²) in [5.74, 6) is -7.47. The van der Waals surface area contributed by atoms with Crippen molar-refractivity contribution >= 4 is 36.2 Å². The van der Waals surface area contributed by atoms with Crippen LogP contribution in [0.1, 0.15) is 27.0 Å². The number of nitrogens with zero attached hydrogens (tertiary/aromatic N) is 4. The van der Waals surface area contributed by atoms with Crippen LogP contribution in [0.4, 0.5) is 18.9 Å². The number of anilines is 1. The highest BCUT2D eigenvalue weighted by atomic mass is 28.3. The van der Waals surface area contributed by atoms with Gasteiger partial charge in [-0.3, -0.25) is 0 Å². The zero-order chi connectivity index (χ0) is 35.1. The van der Waals surface area contributed by atoms with Gasteiger partial charge in [-0.25, -0.2) is 22.5 Å². The van der Waals surface area contributed by atoms with E-state index in [0.717, 1.165) is 21.8 Å². The van der Waals surface area contributed by atoms with Crippen molar-refractivity contribution < 1.29 is 46.6 Å². The van der Waals surface area contributed by atoms with Crippen molar-refractivity contribution in [1.29, 1.82) is 10.5 Å². The number of hydrogen-bond donors (Lipinski definition) is 1. The molecule has 0 saturated carbocycles. The molecule has 4 aliphatic rings. The van der Waals surface area contributed by atoms with Crippen LogP contribution >= 0.6 is 0 Å². The summed E-state index contributed by atoms with van der Waals surface area (Å²) < 4.78 is 72.3. The van der Waals surface area contributed by atoms with Gasteiger partial charge in [0.25, 0.3) is 5.60 Å². The van der Waals surface area contributed by atoms with E-state index in [9.17, 15) is 20.4 Å². The molecule has 2 aromatic carbocycles. The molecule has 1 N–H and O–H groups in total. The Hall–Kier alpha value is -4.57. The predicted molar refractivity (Wildman–Crippen MR) is 175 cm³/mol. The molecule has 49 heavy (non-hydrogen) atoms. The average Bonchev–Trinajstić information content (AvgIpc) is 3.12. The molecule has 0 radical (unpaired) electrons. The van der Waals surface area contributed by atoms with E-state index < -0.39 is 60.6 Å². The summed E-state index contributed by atoms with van der Waals surface area (Å²) in [4.78, 5) is 14.9. The lowest BCUT2D eigenvalue weighted by Gasteiger charge is -2.39. The van der Waals surface area contributed by atoms with Crippen LogP contribution in [0, 0.1) is 40.1 Å². The Kier molecular flexibility index (Phi) is 9.37. The fourth-order valence-electron chi connectivity index (χ4n) is 6.96. The first kappa shape index (κ1) is 34.3. The van der Waals surface area contributed by atoms with Gasteiger partial charge in [0.1, 0.15) is 51.6 Å². The molecule has 10 nitrogen and oxygen atoms in total. The van der Waals surface area contributed by atoms with Crippen LogP contribution in [0.5, 0.6) is 0 Å². The third-order valence-electron chi connectivity index (χ3n) is 9.49. The summed E-state index contributed by atoms with van der Waals surface area (Å²) in [6.07, 6.45) is 5.59. The highest BCUT2D eigenvalue weighted by Gasteiger charge is 2.47. The number of aromatic carboxylic acids is 1. The maximum Gasteiger partial charge on any atom is 0.339 e. The minimum atomic E-state index is -3.01. The SMILES string of the molecule is COCOC(C#N)(C#N)c1c(F)c(F)c(C(=O)O)c(C2=C3C=CC(=[N+]4CCOCC4)C=C3[Si](C)(C)c3cc(N4CCOCC4)ccc32)c1F. The number of nitriles is 2. The molecular weight excluding hydrogens is 657 g/mol. The number of halogens is 3. The Morgan fingerprint density at radius 2 is 1.71 bits per heavy atom. The van der Waals surface area contributed by atoms with Gasteiger partial charge in [-0.05, 0) is 45.3 Å². The molecule has 6 rings (SSSR count). The van der Waals surface area contributed by atoms with Crippen molar-refractivity contribution in [3.05, 3.63) is 86.9 Å². The summed E-state index contributed by atoms with van der Waals surface area (Å²) in [6.45, 7) is 8.25. The van der Waals surface area contributed by atoms with Crippen molar-refractivity contribution in [2.75, 3.05) is 71.4 Å². The molecule has 0 spiro atoms. The lowest BCUT2D eigenvalue weighted by molar-refractivity contribution is -0.547. The van der Waals surface area contributed by atoms with Crippen molar-refractivity contribution in [2.24, 2.45) is 0 Å². The molecule has 254 valence electrons. The summed E-state index contributed by atoms with van der Waals surface area (Å²) in [5, 5.41) is 32.0. The van der Waals surface area contributed by atoms with Gasteiger partial charge in [-0.1, -0.05) is 19.2 Å². The van der Waals surface area contributed by atoms with E-state index in [1.807, 2.05) is 24.3 Å². The number of methoxy groups -OCH3 is 1. The largest absolute Gasteiger partial charge is 0.478 e. The van der Waals surface area contributed by atoms with Gasteiger partial charge in [0.05, 0.1) is 18.8 Å². The topological polar surface area (TPSA) is 128 Å². The fourth-order valence-corrected chi connectivity index (χ4v) is 10.0. The molecule has 0 aromatic heterocycles. The number of carboxylic acids is 1. The maximum absolute atomic E-state index is 17.2. The average molecular weight is 692 g/mol. The molecule has 0 amide bonds. The van der Waals surface area contributed by atoms with E-state index in [2.05, 4.69) is 22.6 Å². The zero-order valence-corrected chi connectivity index (χ0v) is 28.2. The van der Waals surface area contributed by atoms with Gasteiger partial charge in [-0.2, -0.15) is 10.5 Å². The van der Waals surface area contributed by atoms with E-state index >= 15 is 13.2 Å². The third-order valence-corrected chi connectivity index (χ3v) is 13.0. The zero-order valence-electron chi connectivity index (χ0n) is 27.2. The molecule has 3 heterocycles. The monoisotopic (exact) mass is 691 g/mol. The van der Waals surface area contributed by atoms with Crippen molar-refractivity contribution in [3.63, 3.8) is 0 Å². The summed E-state index contributed by atoms with van der Waals surface area (Å²) in [5.41, 5.74) is -3.76. The molecule has 0 atom stereocenters. The second-order valence-electron chi connectivity index (χ2n) is 12.5. The second-order valence-corrected chi connectivity index (χ2v) is 16.8. The van der Waals surface area contributed by atoms with Gasteiger partial charge in [0.2, 0.25) is 0 Å². The van der Waals surface area contributed by atoms with Gasteiger partial charge < -0.3 is 29.0 Å². The fraction of sp³-hybridized carbons (Fsp3) is 0.371. The van der Waals surface area contributed by atoms with Gasteiger partial charge in [0, 0.05) is 43.6 Å². The first-order chi connectivity index (χ1) is 23.5. The highest BCUT2D eigenvalue weighted by molar-refractivity contribution is 6.98. The number of morpholine rings is 2. The Morgan fingerprint density at radius 1 is 1.04 bits per heavy atom. The quantitative estimate of drug-likeness (QED) is 0.200. The van der Waals surface area contributed by atoms with Crippen molar-refractivity contribution in [2.45, 2.75) is 18.7 Å².